The number of fused-ring (bicyclic) bond motifs is 1. The summed E-state index contributed by atoms with van der Waals surface area (Å²) in [5.41, 5.74) is 2.47. The maximum atomic E-state index is 5.31. The molecule has 26 heavy (non-hydrogen) atoms. The number of nitrogens with zero attached hydrogens (tertiary/aromatic N) is 4. The zero-order valence-corrected chi connectivity index (χ0v) is 15.1. The SMILES string of the molecule is CNc1ncccc1CN1Cc2nccn2CC1c1ccc(OC)cc1. The van der Waals surface area contributed by atoms with Crippen LogP contribution in [-0.4, -0.2) is 33.6 Å². The molecular weight excluding hydrogens is 326 g/mol. The van der Waals surface area contributed by atoms with Crippen LogP contribution in [-0.2, 0) is 19.6 Å². The Bertz CT molecular complexity index is 874. The van der Waals surface area contributed by atoms with Crippen LogP contribution in [0.4, 0.5) is 5.82 Å². The third kappa shape index (κ3) is 3.15. The van der Waals surface area contributed by atoms with Crippen molar-refractivity contribution in [2.24, 2.45) is 0 Å². The van der Waals surface area contributed by atoms with E-state index in [0.29, 0.717) is 0 Å². The molecule has 134 valence electrons. The maximum absolute atomic E-state index is 5.31. The molecule has 0 spiro atoms. The lowest BCUT2D eigenvalue weighted by Crippen LogP contribution is -2.36. The molecule has 0 aliphatic carbocycles. The Hall–Kier alpha value is -2.86. The number of methoxy groups -OCH3 is 1. The Morgan fingerprint density at radius 1 is 1.15 bits per heavy atom. The molecule has 0 saturated heterocycles. The third-order valence-electron chi connectivity index (χ3n) is 4.96. The topological polar surface area (TPSA) is 55.2 Å². The van der Waals surface area contributed by atoms with E-state index in [2.05, 4.69) is 49.1 Å². The fourth-order valence-electron chi connectivity index (χ4n) is 3.57. The highest BCUT2D eigenvalue weighted by Crippen LogP contribution is 2.32. The molecule has 1 aromatic carbocycles. The first-order valence-corrected chi connectivity index (χ1v) is 8.78. The molecule has 1 unspecified atom stereocenters. The minimum atomic E-state index is 0.271. The molecule has 1 N–H and O–H groups in total. The van der Waals surface area contributed by atoms with Crippen molar-refractivity contribution in [3.05, 3.63) is 71.9 Å². The van der Waals surface area contributed by atoms with E-state index in [9.17, 15) is 0 Å². The lowest BCUT2D eigenvalue weighted by molar-refractivity contribution is 0.128. The second-order valence-electron chi connectivity index (χ2n) is 6.45. The molecule has 3 heterocycles. The number of imidazole rings is 1. The minimum Gasteiger partial charge on any atom is -0.497 e. The van der Waals surface area contributed by atoms with Crippen molar-refractivity contribution in [2.75, 3.05) is 19.5 Å². The molecule has 0 fully saturated rings. The highest BCUT2D eigenvalue weighted by molar-refractivity contribution is 5.43. The monoisotopic (exact) mass is 349 g/mol. The summed E-state index contributed by atoms with van der Waals surface area (Å²) >= 11 is 0. The average Bonchev–Trinajstić information content (AvgIpc) is 3.15. The third-order valence-corrected chi connectivity index (χ3v) is 4.96. The largest absolute Gasteiger partial charge is 0.497 e. The first-order valence-electron chi connectivity index (χ1n) is 8.78. The summed E-state index contributed by atoms with van der Waals surface area (Å²) in [5, 5.41) is 3.19. The molecule has 1 aliphatic rings. The van der Waals surface area contributed by atoms with Crippen molar-refractivity contribution in [3.8, 4) is 5.75 Å². The van der Waals surface area contributed by atoms with Gasteiger partial charge >= 0.3 is 0 Å². The second kappa shape index (κ2) is 7.17. The number of hydrogen-bond donors (Lipinski definition) is 1. The number of ether oxygens (including phenoxy) is 1. The molecule has 0 amide bonds. The van der Waals surface area contributed by atoms with Gasteiger partial charge in [-0.15, -0.1) is 0 Å². The smallest absolute Gasteiger partial charge is 0.130 e. The van der Waals surface area contributed by atoms with Gasteiger partial charge in [0.1, 0.15) is 17.4 Å². The lowest BCUT2D eigenvalue weighted by atomic mass is 10.0. The second-order valence-corrected chi connectivity index (χ2v) is 6.45. The van der Waals surface area contributed by atoms with Gasteiger partial charge in [-0.05, 0) is 23.8 Å². The van der Waals surface area contributed by atoms with Crippen LogP contribution in [0.3, 0.4) is 0 Å². The highest BCUT2D eigenvalue weighted by atomic mass is 16.5. The van der Waals surface area contributed by atoms with Gasteiger partial charge in [0.2, 0.25) is 0 Å². The normalized spacial score (nSPS) is 16.9. The molecule has 0 radical (unpaired) electrons. The summed E-state index contributed by atoms with van der Waals surface area (Å²) in [7, 11) is 3.61. The van der Waals surface area contributed by atoms with Crippen LogP contribution < -0.4 is 10.1 Å². The fourth-order valence-corrected chi connectivity index (χ4v) is 3.57. The quantitative estimate of drug-likeness (QED) is 0.767. The van der Waals surface area contributed by atoms with Crippen LogP contribution in [0.1, 0.15) is 23.0 Å². The summed E-state index contributed by atoms with van der Waals surface area (Å²) in [6, 6.07) is 12.8. The molecule has 1 aliphatic heterocycles. The summed E-state index contributed by atoms with van der Waals surface area (Å²) in [6.45, 7) is 2.51. The van der Waals surface area contributed by atoms with Gasteiger partial charge in [0, 0.05) is 44.3 Å². The Morgan fingerprint density at radius 3 is 2.77 bits per heavy atom. The minimum absolute atomic E-state index is 0.271. The Labute approximate surface area is 153 Å². The Kier molecular flexibility index (Phi) is 4.58. The molecule has 0 saturated carbocycles. The van der Waals surface area contributed by atoms with E-state index in [-0.39, 0.29) is 6.04 Å². The van der Waals surface area contributed by atoms with E-state index < -0.39 is 0 Å². The van der Waals surface area contributed by atoms with Gasteiger partial charge in [0.05, 0.1) is 19.7 Å². The van der Waals surface area contributed by atoms with Crippen LogP contribution >= 0.6 is 0 Å². The number of nitrogens with one attached hydrogen (secondary N) is 1. The highest BCUT2D eigenvalue weighted by Gasteiger charge is 2.28. The molecular formula is C20H23N5O. The zero-order chi connectivity index (χ0) is 17.9. The molecule has 6 nitrogen and oxygen atoms in total. The molecule has 2 aromatic heterocycles. The van der Waals surface area contributed by atoms with Gasteiger partial charge < -0.3 is 14.6 Å². The van der Waals surface area contributed by atoms with Crippen molar-refractivity contribution in [1.29, 1.82) is 0 Å². The van der Waals surface area contributed by atoms with Crippen LogP contribution in [0.15, 0.2) is 55.0 Å². The molecule has 3 aromatic rings. The number of benzene rings is 1. The van der Waals surface area contributed by atoms with Crippen LogP contribution in [0.25, 0.3) is 0 Å². The van der Waals surface area contributed by atoms with Gasteiger partial charge in [-0.25, -0.2) is 9.97 Å². The van der Waals surface area contributed by atoms with Crippen molar-refractivity contribution in [1.82, 2.24) is 19.4 Å². The van der Waals surface area contributed by atoms with Crippen molar-refractivity contribution < 1.29 is 4.74 Å². The lowest BCUT2D eigenvalue weighted by Gasteiger charge is -2.36. The standard InChI is InChI=1S/C20H23N5O/c1-21-20-16(4-3-9-23-20)12-25-14-19-22-10-11-24(19)13-18(25)15-5-7-17(26-2)8-6-15/h3-11,18H,12-14H2,1-2H3,(H,21,23). The Balaban J connectivity index is 1.66. The van der Waals surface area contributed by atoms with E-state index >= 15 is 0 Å². The van der Waals surface area contributed by atoms with Crippen molar-refractivity contribution in [3.63, 3.8) is 0 Å². The van der Waals surface area contributed by atoms with E-state index in [1.165, 1.54) is 11.1 Å². The van der Waals surface area contributed by atoms with E-state index in [1.807, 2.05) is 37.6 Å². The first-order chi connectivity index (χ1) is 12.8. The van der Waals surface area contributed by atoms with Gasteiger partial charge in [-0.3, -0.25) is 4.90 Å². The van der Waals surface area contributed by atoms with Crippen molar-refractivity contribution in [2.45, 2.75) is 25.7 Å². The predicted molar refractivity (Wildman–Crippen MR) is 101 cm³/mol. The molecule has 6 heteroatoms. The summed E-state index contributed by atoms with van der Waals surface area (Å²) in [6.07, 6.45) is 5.76. The number of pyridine rings is 1. The fraction of sp³-hybridized carbons (Fsp3) is 0.300. The Morgan fingerprint density at radius 2 is 2.00 bits per heavy atom. The number of rotatable bonds is 5. The van der Waals surface area contributed by atoms with Gasteiger partial charge in [-0.2, -0.15) is 0 Å². The summed E-state index contributed by atoms with van der Waals surface area (Å²) < 4.78 is 7.55. The van der Waals surface area contributed by atoms with E-state index in [1.54, 1.807) is 7.11 Å². The van der Waals surface area contributed by atoms with Gasteiger partial charge in [0.15, 0.2) is 0 Å². The first kappa shape index (κ1) is 16.6. The molecule has 4 rings (SSSR count). The number of aromatic nitrogens is 3. The van der Waals surface area contributed by atoms with Gasteiger partial charge in [0.25, 0.3) is 0 Å². The van der Waals surface area contributed by atoms with Crippen LogP contribution in [0.2, 0.25) is 0 Å². The maximum Gasteiger partial charge on any atom is 0.130 e. The van der Waals surface area contributed by atoms with Crippen LogP contribution in [0, 0.1) is 0 Å². The zero-order valence-electron chi connectivity index (χ0n) is 15.1. The number of anilines is 1. The number of hydrogen-bond acceptors (Lipinski definition) is 5. The molecule has 1 atom stereocenters. The van der Waals surface area contributed by atoms with Crippen molar-refractivity contribution >= 4 is 5.82 Å². The predicted octanol–water partition coefficient (Wildman–Crippen LogP) is 3.09. The van der Waals surface area contributed by atoms with Gasteiger partial charge in [-0.1, -0.05) is 18.2 Å². The summed E-state index contributed by atoms with van der Waals surface area (Å²) in [5.74, 6) is 2.91. The molecule has 0 bridgehead atoms. The van der Waals surface area contributed by atoms with E-state index in [0.717, 1.165) is 37.0 Å². The van der Waals surface area contributed by atoms with E-state index in [4.69, 9.17) is 4.74 Å². The summed E-state index contributed by atoms with van der Waals surface area (Å²) in [4.78, 5) is 11.4. The average molecular weight is 349 g/mol. The van der Waals surface area contributed by atoms with Crippen LogP contribution in [0.5, 0.6) is 5.75 Å².